The van der Waals surface area contributed by atoms with Gasteiger partial charge in [-0.3, -0.25) is 4.79 Å². The number of nitrogens with zero attached hydrogens (tertiary/aromatic N) is 1. The summed E-state index contributed by atoms with van der Waals surface area (Å²) < 4.78 is 33.5. The Hall–Kier alpha value is -2.12. The Labute approximate surface area is 173 Å². The van der Waals surface area contributed by atoms with Gasteiger partial charge in [-0.2, -0.15) is 4.31 Å². The minimum absolute atomic E-state index is 0.0497. The summed E-state index contributed by atoms with van der Waals surface area (Å²) in [5.74, 6) is 1.29. The van der Waals surface area contributed by atoms with Crippen molar-refractivity contribution in [3.63, 3.8) is 0 Å². The highest BCUT2D eigenvalue weighted by molar-refractivity contribution is 7.89. The van der Waals surface area contributed by atoms with Gasteiger partial charge in [0.2, 0.25) is 15.9 Å². The molecule has 6 nitrogen and oxygen atoms in total. The summed E-state index contributed by atoms with van der Waals surface area (Å²) in [7, 11) is -3.57. The molecule has 0 spiro atoms. The first kappa shape index (κ1) is 21.6. The van der Waals surface area contributed by atoms with Crippen LogP contribution in [0.4, 0.5) is 0 Å². The zero-order valence-corrected chi connectivity index (χ0v) is 18.6. The van der Waals surface area contributed by atoms with E-state index < -0.39 is 10.0 Å². The number of hydrogen-bond acceptors (Lipinski definition) is 4. The lowest BCUT2D eigenvalue weighted by Crippen LogP contribution is -2.43. The maximum Gasteiger partial charge on any atom is 0.243 e. The quantitative estimate of drug-likeness (QED) is 0.801. The first-order valence-electron chi connectivity index (χ1n) is 10.0. The first-order chi connectivity index (χ1) is 13.6. The molecule has 29 heavy (non-hydrogen) atoms. The normalized spacial score (nSPS) is 17.3. The van der Waals surface area contributed by atoms with Crippen molar-refractivity contribution in [1.82, 2.24) is 9.62 Å². The van der Waals surface area contributed by atoms with E-state index in [2.05, 4.69) is 5.32 Å². The molecular formula is C22H30N2O4S. The van der Waals surface area contributed by atoms with Crippen molar-refractivity contribution in [1.29, 1.82) is 0 Å². The molecule has 1 fully saturated rings. The minimum atomic E-state index is -3.57. The second-order valence-electron chi connectivity index (χ2n) is 8.08. The number of furan rings is 1. The predicted octanol–water partition coefficient (Wildman–Crippen LogP) is 3.79. The van der Waals surface area contributed by atoms with Gasteiger partial charge < -0.3 is 9.73 Å². The van der Waals surface area contributed by atoms with Gasteiger partial charge in [0.15, 0.2) is 0 Å². The number of amides is 1. The summed E-state index contributed by atoms with van der Waals surface area (Å²) in [6.07, 6.45) is 1.03. The minimum Gasteiger partial charge on any atom is -0.464 e. The van der Waals surface area contributed by atoms with Crippen LogP contribution in [-0.2, 0) is 14.8 Å². The molecule has 158 valence electrons. The molecule has 7 heteroatoms. The van der Waals surface area contributed by atoms with E-state index in [1.165, 1.54) is 4.31 Å². The molecule has 0 radical (unpaired) electrons. The van der Waals surface area contributed by atoms with Crippen LogP contribution in [0.5, 0.6) is 0 Å². The lowest BCUT2D eigenvalue weighted by molar-refractivity contribution is -0.126. The summed E-state index contributed by atoms with van der Waals surface area (Å²) in [4.78, 5) is 13.0. The molecule has 1 aromatic heterocycles. The Morgan fingerprint density at radius 1 is 1.10 bits per heavy atom. The van der Waals surface area contributed by atoms with Crippen LogP contribution in [0.15, 0.2) is 33.6 Å². The lowest BCUT2D eigenvalue weighted by Gasteiger charge is -2.31. The Morgan fingerprint density at radius 3 is 2.21 bits per heavy atom. The SMILES string of the molecule is Cc1cc(C)c(S(=O)(=O)N2CCC(C(=O)NC(C)c3ccc(C)o3)CC2)c(C)c1. The van der Waals surface area contributed by atoms with E-state index in [1.54, 1.807) is 0 Å². The van der Waals surface area contributed by atoms with Crippen molar-refractivity contribution in [2.45, 2.75) is 58.4 Å². The highest BCUT2D eigenvalue weighted by Gasteiger charge is 2.34. The maximum atomic E-state index is 13.2. The van der Waals surface area contributed by atoms with Crippen molar-refractivity contribution in [2.24, 2.45) is 5.92 Å². The van der Waals surface area contributed by atoms with Gasteiger partial charge in [0, 0.05) is 19.0 Å². The Balaban J connectivity index is 1.65. The molecule has 1 unspecified atom stereocenters. The van der Waals surface area contributed by atoms with Crippen LogP contribution in [0.3, 0.4) is 0 Å². The fourth-order valence-electron chi connectivity index (χ4n) is 4.15. The smallest absolute Gasteiger partial charge is 0.243 e. The molecule has 2 heterocycles. The van der Waals surface area contributed by atoms with Crippen molar-refractivity contribution in [2.75, 3.05) is 13.1 Å². The maximum absolute atomic E-state index is 13.2. The molecule has 0 saturated carbocycles. The number of carbonyl (C=O) groups is 1. The number of rotatable bonds is 5. The molecular weight excluding hydrogens is 388 g/mol. The Bertz CT molecular complexity index is 979. The van der Waals surface area contributed by atoms with Gasteiger partial charge in [0.25, 0.3) is 0 Å². The molecule has 1 amide bonds. The van der Waals surface area contributed by atoms with Gasteiger partial charge in [0.05, 0.1) is 10.9 Å². The summed E-state index contributed by atoms with van der Waals surface area (Å²) in [6, 6.07) is 7.32. The van der Waals surface area contributed by atoms with Crippen molar-refractivity contribution < 1.29 is 17.6 Å². The third-order valence-corrected chi connectivity index (χ3v) is 7.78. The van der Waals surface area contributed by atoms with Crippen LogP contribution in [0.2, 0.25) is 0 Å². The van der Waals surface area contributed by atoms with Crippen LogP contribution in [-0.4, -0.2) is 31.7 Å². The number of hydrogen-bond donors (Lipinski definition) is 1. The molecule has 2 aromatic rings. The standard InChI is InChI=1S/C22H30N2O4S/c1-14-12-15(2)21(16(3)13-14)29(26,27)24-10-8-19(9-11-24)22(25)23-18(5)20-7-6-17(4)28-20/h6-7,12-13,18-19H,8-11H2,1-5H3,(H,23,25). The third kappa shape index (κ3) is 4.56. The Kier molecular flexibility index (Phi) is 6.19. The number of piperidine rings is 1. The zero-order chi connectivity index (χ0) is 21.3. The molecule has 1 saturated heterocycles. The van der Waals surface area contributed by atoms with Gasteiger partial charge >= 0.3 is 0 Å². The highest BCUT2D eigenvalue weighted by atomic mass is 32.2. The predicted molar refractivity (Wildman–Crippen MR) is 112 cm³/mol. The second kappa shape index (κ2) is 8.32. The fraction of sp³-hybridized carbons (Fsp3) is 0.500. The van der Waals surface area contributed by atoms with E-state index in [9.17, 15) is 13.2 Å². The molecule has 1 N–H and O–H groups in total. The van der Waals surface area contributed by atoms with Gasteiger partial charge in [0.1, 0.15) is 11.5 Å². The average molecular weight is 419 g/mol. The number of aryl methyl sites for hydroxylation is 4. The number of benzene rings is 1. The third-order valence-electron chi connectivity index (χ3n) is 5.57. The van der Waals surface area contributed by atoms with Crippen molar-refractivity contribution in [3.8, 4) is 0 Å². The van der Waals surface area contributed by atoms with E-state index >= 15 is 0 Å². The van der Waals surface area contributed by atoms with Crippen LogP contribution >= 0.6 is 0 Å². The first-order valence-corrected chi connectivity index (χ1v) is 11.5. The van der Waals surface area contributed by atoms with Crippen LogP contribution in [0, 0.1) is 33.6 Å². The van der Waals surface area contributed by atoms with E-state index in [-0.39, 0.29) is 17.9 Å². The van der Waals surface area contributed by atoms with Crippen LogP contribution < -0.4 is 5.32 Å². The summed E-state index contributed by atoms with van der Waals surface area (Å²) in [6.45, 7) is 10.1. The molecule has 1 aliphatic heterocycles. The number of carbonyl (C=O) groups excluding carboxylic acids is 1. The van der Waals surface area contributed by atoms with Crippen LogP contribution in [0.25, 0.3) is 0 Å². The second-order valence-corrected chi connectivity index (χ2v) is 9.96. The average Bonchev–Trinajstić information content (AvgIpc) is 3.07. The largest absolute Gasteiger partial charge is 0.464 e. The monoisotopic (exact) mass is 418 g/mol. The lowest BCUT2D eigenvalue weighted by atomic mass is 9.97. The zero-order valence-electron chi connectivity index (χ0n) is 17.8. The summed E-state index contributed by atoms with van der Waals surface area (Å²) in [5.41, 5.74) is 2.59. The topological polar surface area (TPSA) is 79.6 Å². The number of sulfonamides is 1. The molecule has 1 aromatic carbocycles. The number of nitrogens with one attached hydrogen (secondary N) is 1. The van der Waals surface area contributed by atoms with E-state index in [1.807, 2.05) is 58.9 Å². The van der Waals surface area contributed by atoms with Gasteiger partial charge in [-0.1, -0.05) is 17.7 Å². The molecule has 1 atom stereocenters. The Morgan fingerprint density at radius 2 is 1.69 bits per heavy atom. The van der Waals surface area contributed by atoms with Crippen LogP contribution in [0.1, 0.15) is 54.0 Å². The van der Waals surface area contributed by atoms with Gasteiger partial charge in [-0.15, -0.1) is 0 Å². The van der Waals surface area contributed by atoms with E-state index in [0.29, 0.717) is 30.8 Å². The summed E-state index contributed by atoms with van der Waals surface area (Å²) in [5, 5.41) is 2.99. The van der Waals surface area contributed by atoms with Crippen molar-refractivity contribution in [3.05, 3.63) is 52.5 Å². The van der Waals surface area contributed by atoms with Gasteiger partial charge in [-0.25, -0.2) is 8.42 Å². The van der Waals surface area contributed by atoms with E-state index in [0.717, 1.165) is 28.2 Å². The highest BCUT2D eigenvalue weighted by Crippen LogP contribution is 2.29. The van der Waals surface area contributed by atoms with Gasteiger partial charge in [-0.05, 0) is 70.7 Å². The summed E-state index contributed by atoms with van der Waals surface area (Å²) >= 11 is 0. The molecule has 1 aliphatic rings. The van der Waals surface area contributed by atoms with E-state index in [4.69, 9.17) is 4.42 Å². The molecule has 0 bridgehead atoms. The van der Waals surface area contributed by atoms with Crippen molar-refractivity contribution >= 4 is 15.9 Å². The fourth-order valence-corrected chi connectivity index (χ4v) is 6.03. The molecule has 3 rings (SSSR count). The molecule has 0 aliphatic carbocycles.